The third-order valence-electron chi connectivity index (χ3n) is 5.51. The van der Waals surface area contributed by atoms with E-state index in [1.165, 1.54) is 24.3 Å². The molecule has 0 radical (unpaired) electrons. The second kappa shape index (κ2) is 12.0. The molecule has 10 heteroatoms. The van der Waals surface area contributed by atoms with Gasteiger partial charge in [-0.05, 0) is 61.7 Å². The molecule has 2 aromatic rings. The fraction of sp³-hybridized carbons (Fsp3) is 0.348. The van der Waals surface area contributed by atoms with Crippen LogP contribution in [0.15, 0.2) is 53.4 Å². The van der Waals surface area contributed by atoms with Crippen molar-refractivity contribution in [3.05, 3.63) is 59.1 Å². The molecular formula is C23H27ClN2O6S. The summed E-state index contributed by atoms with van der Waals surface area (Å²) in [5.74, 6) is 8.14. The first-order chi connectivity index (χ1) is 15.8. The van der Waals surface area contributed by atoms with Crippen LogP contribution in [0.1, 0.15) is 25.3 Å². The topological polar surface area (TPSA) is 130 Å². The fourth-order valence-corrected chi connectivity index (χ4v) is 5.67. The lowest BCUT2D eigenvalue weighted by Crippen LogP contribution is -2.54. The zero-order valence-electron chi connectivity index (χ0n) is 18.2. The summed E-state index contributed by atoms with van der Waals surface area (Å²) in [5, 5.41) is 17.1. The highest BCUT2D eigenvalue weighted by Gasteiger charge is 2.53. The Morgan fingerprint density at radius 3 is 2.21 bits per heavy atom. The van der Waals surface area contributed by atoms with Gasteiger partial charge >= 0.3 is 5.97 Å². The quantitative estimate of drug-likeness (QED) is 0.395. The van der Waals surface area contributed by atoms with E-state index in [0.717, 1.165) is 5.56 Å². The van der Waals surface area contributed by atoms with E-state index in [9.17, 15) is 18.3 Å². The van der Waals surface area contributed by atoms with E-state index in [1.807, 2.05) is 12.1 Å². The Labute approximate surface area is 198 Å². The molecule has 8 nitrogen and oxygen atoms in total. The van der Waals surface area contributed by atoms with Gasteiger partial charge in [0, 0.05) is 24.7 Å². The molecule has 0 aromatic heterocycles. The van der Waals surface area contributed by atoms with Crippen molar-refractivity contribution in [3.63, 3.8) is 0 Å². The summed E-state index contributed by atoms with van der Waals surface area (Å²) < 4.78 is 30.3. The van der Waals surface area contributed by atoms with E-state index in [0.29, 0.717) is 30.4 Å². The summed E-state index contributed by atoms with van der Waals surface area (Å²) in [6.07, 6.45) is 0.0329. The first kappa shape index (κ1) is 26.6. The number of halogens is 1. The summed E-state index contributed by atoms with van der Waals surface area (Å²) in [6.45, 7) is 3.24. The predicted molar refractivity (Wildman–Crippen MR) is 125 cm³/mol. The molecule has 0 unspecified atom stereocenters. The number of aliphatic carboxylic acids is 1. The Morgan fingerprint density at radius 2 is 1.70 bits per heavy atom. The van der Waals surface area contributed by atoms with Gasteiger partial charge in [-0.25, -0.2) is 14.3 Å². The number of benzene rings is 2. The summed E-state index contributed by atoms with van der Waals surface area (Å²) in [7, 11) is -4.09. The van der Waals surface area contributed by atoms with Gasteiger partial charge in [-0.15, -0.1) is 5.92 Å². The van der Waals surface area contributed by atoms with Gasteiger partial charge in [0.05, 0.1) is 4.90 Å². The molecular weight excluding hydrogens is 468 g/mol. The van der Waals surface area contributed by atoms with Gasteiger partial charge in [-0.3, -0.25) is 9.69 Å². The van der Waals surface area contributed by atoms with Crippen molar-refractivity contribution in [2.75, 3.05) is 19.7 Å². The average Bonchev–Trinajstić information content (AvgIpc) is 2.82. The largest absolute Gasteiger partial charge is 0.481 e. The third kappa shape index (κ3) is 6.25. The minimum atomic E-state index is -4.09. The highest BCUT2D eigenvalue weighted by Crippen LogP contribution is 2.37. The predicted octanol–water partition coefficient (Wildman–Crippen LogP) is 2.97. The van der Waals surface area contributed by atoms with Crippen molar-refractivity contribution in [1.29, 1.82) is 0 Å². The SMILES string of the molecule is CC#CCOc1ccc(S(=O)(=O)C2(C(=O)O)CCN(Cc3ccc(Cl)cc3)CC2)cc1.NO. The molecule has 4 N–H and O–H groups in total. The summed E-state index contributed by atoms with van der Waals surface area (Å²) in [4.78, 5) is 14.2. The van der Waals surface area contributed by atoms with Crippen molar-refractivity contribution >= 4 is 27.4 Å². The molecule has 1 aliphatic heterocycles. The Morgan fingerprint density at radius 1 is 1.12 bits per heavy atom. The molecule has 178 valence electrons. The number of piperidine rings is 1. The van der Waals surface area contributed by atoms with Crippen LogP contribution in [0.5, 0.6) is 5.75 Å². The molecule has 0 saturated carbocycles. The van der Waals surface area contributed by atoms with Gasteiger partial charge in [0.2, 0.25) is 0 Å². The van der Waals surface area contributed by atoms with Gasteiger partial charge in [0.15, 0.2) is 14.6 Å². The highest BCUT2D eigenvalue weighted by molar-refractivity contribution is 7.93. The molecule has 1 aliphatic rings. The number of carboxylic acid groups (broad SMARTS) is 1. The van der Waals surface area contributed by atoms with Crippen LogP contribution >= 0.6 is 11.6 Å². The molecule has 0 atom stereocenters. The minimum Gasteiger partial charge on any atom is -0.481 e. The van der Waals surface area contributed by atoms with E-state index in [4.69, 9.17) is 21.5 Å². The number of hydrogen-bond donors (Lipinski definition) is 3. The number of carboxylic acids is 1. The molecule has 0 aliphatic carbocycles. The first-order valence-electron chi connectivity index (χ1n) is 10.1. The lowest BCUT2D eigenvalue weighted by atomic mass is 9.95. The summed E-state index contributed by atoms with van der Waals surface area (Å²) in [6, 6.07) is 13.3. The van der Waals surface area contributed by atoms with E-state index in [1.54, 1.807) is 19.1 Å². The summed E-state index contributed by atoms with van der Waals surface area (Å²) >= 11 is 5.92. The number of nitrogens with zero attached hydrogens (tertiary/aromatic N) is 1. The van der Waals surface area contributed by atoms with Crippen molar-refractivity contribution in [2.45, 2.75) is 36.0 Å². The Balaban J connectivity index is 0.00000187. The summed E-state index contributed by atoms with van der Waals surface area (Å²) in [5.41, 5.74) is 1.04. The molecule has 0 spiro atoms. The molecule has 2 aromatic carbocycles. The van der Waals surface area contributed by atoms with Crippen LogP contribution in [0.3, 0.4) is 0 Å². The standard InChI is InChI=1S/C23H24ClNO5S.H3NO/c1-2-3-16-30-20-8-10-21(11-9-20)31(28,29)23(22(26)27)12-14-25(15-13-23)17-18-4-6-19(24)7-5-18;1-2/h4-11H,12-17H2,1H3,(H,26,27);2H,1H2. The molecule has 3 rings (SSSR count). The normalized spacial score (nSPS) is 15.4. The maximum atomic E-state index is 13.3. The van der Waals surface area contributed by atoms with E-state index >= 15 is 0 Å². The van der Waals surface area contributed by atoms with E-state index in [2.05, 4.69) is 22.6 Å². The number of nitrogens with two attached hydrogens (primary N) is 1. The van der Waals surface area contributed by atoms with E-state index in [-0.39, 0.29) is 24.3 Å². The van der Waals surface area contributed by atoms with Crippen LogP contribution in [0.25, 0.3) is 0 Å². The van der Waals surface area contributed by atoms with Crippen LogP contribution < -0.4 is 10.6 Å². The minimum absolute atomic E-state index is 0.0165. The van der Waals surface area contributed by atoms with Gasteiger partial charge < -0.3 is 15.1 Å². The molecule has 33 heavy (non-hydrogen) atoms. The van der Waals surface area contributed by atoms with Crippen LogP contribution in [-0.2, 0) is 21.2 Å². The molecule has 1 fully saturated rings. The number of rotatable bonds is 7. The fourth-order valence-electron chi connectivity index (χ4n) is 3.65. The van der Waals surface area contributed by atoms with Crippen LogP contribution in [-0.4, -0.2) is 54.0 Å². The van der Waals surface area contributed by atoms with Gasteiger partial charge in [0.25, 0.3) is 0 Å². The maximum absolute atomic E-state index is 13.3. The molecule has 0 amide bonds. The van der Waals surface area contributed by atoms with Crippen LogP contribution in [0.2, 0.25) is 5.02 Å². The average molecular weight is 495 g/mol. The second-order valence-corrected chi connectivity index (χ2v) is 10.1. The van der Waals surface area contributed by atoms with Crippen LogP contribution in [0, 0.1) is 11.8 Å². The van der Waals surface area contributed by atoms with Crippen LogP contribution in [0.4, 0.5) is 0 Å². The number of likely N-dealkylation sites (tertiary alicyclic amines) is 1. The monoisotopic (exact) mass is 494 g/mol. The zero-order chi connectivity index (χ0) is 24.5. The lowest BCUT2D eigenvalue weighted by molar-refractivity contribution is -0.141. The van der Waals surface area contributed by atoms with Gasteiger partial charge in [-0.1, -0.05) is 29.7 Å². The lowest BCUT2D eigenvalue weighted by Gasteiger charge is -2.38. The van der Waals surface area contributed by atoms with Crippen molar-refractivity contribution in [1.82, 2.24) is 4.90 Å². The number of hydrogen-bond acceptors (Lipinski definition) is 7. The second-order valence-electron chi connectivity index (χ2n) is 7.39. The zero-order valence-corrected chi connectivity index (χ0v) is 19.8. The third-order valence-corrected chi connectivity index (χ3v) is 8.27. The number of sulfone groups is 1. The van der Waals surface area contributed by atoms with Crippen molar-refractivity contribution in [2.24, 2.45) is 5.90 Å². The number of ether oxygens (including phenoxy) is 1. The first-order valence-corrected chi connectivity index (χ1v) is 12.0. The van der Waals surface area contributed by atoms with Gasteiger partial charge in [-0.2, -0.15) is 0 Å². The Hall–Kier alpha value is -2.61. The highest BCUT2D eigenvalue weighted by atomic mass is 35.5. The van der Waals surface area contributed by atoms with Crippen molar-refractivity contribution in [3.8, 4) is 17.6 Å². The van der Waals surface area contributed by atoms with E-state index < -0.39 is 20.6 Å². The van der Waals surface area contributed by atoms with Crippen molar-refractivity contribution < 1.29 is 28.3 Å². The Bertz CT molecular complexity index is 1080. The maximum Gasteiger partial charge on any atom is 0.325 e. The molecule has 1 saturated heterocycles. The molecule has 1 heterocycles. The smallest absolute Gasteiger partial charge is 0.325 e. The number of carbonyl (C=O) groups is 1. The Kier molecular flexibility index (Phi) is 9.70. The molecule has 0 bridgehead atoms. The van der Waals surface area contributed by atoms with Gasteiger partial charge in [0.1, 0.15) is 12.4 Å².